The Morgan fingerprint density at radius 3 is 2.62 bits per heavy atom. The van der Waals surface area contributed by atoms with Gasteiger partial charge in [0, 0.05) is 32.2 Å². The summed E-state index contributed by atoms with van der Waals surface area (Å²) in [6.45, 7) is 9.76. The van der Waals surface area contributed by atoms with Crippen molar-refractivity contribution in [2.45, 2.75) is 45.8 Å². The summed E-state index contributed by atoms with van der Waals surface area (Å²) in [5, 5.41) is 3.42. The van der Waals surface area contributed by atoms with Crippen LogP contribution in [0.4, 0.5) is 0 Å². The maximum atomic E-state index is 12.7. The summed E-state index contributed by atoms with van der Waals surface area (Å²) in [6.07, 6.45) is 2.03. The number of ether oxygens (including phenoxy) is 1. The Morgan fingerprint density at radius 1 is 1.24 bits per heavy atom. The lowest BCUT2D eigenvalue weighted by atomic mass is 9.99. The number of morpholine rings is 1. The molecule has 124 valence electrons. The van der Waals surface area contributed by atoms with Gasteiger partial charge in [0.1, 0.15) is 0 Å². The molecule has 0 amide bonds. The van der Waals surface area contributed by atoms with E-state index in [1.165, 1.54) is 0 Å². The first-order chi connectivity index (χ1) is 9.89. The van der Waals surface area contributed by atoms with Crippen molar-refractivity contribution in [3.8, 4) is 0 Å². The van der Waals surface area contributed by atoms with Crippen LogP contribution in [-0.2, 0) is 14.9 Å². The standard InChI is InChI=1S/C14H29N3O3S/c1-12(2)15-9-14-5-4-6-16(11-14)21(18,19)17-7-8-20-13(3)10-17/h12-15H,4-11H2,1-3H3. The van der Waals surface area contributed by atoms with Gasteiger partial charge in [0.25, 0.3) is 10.2 Å². The molecule has 21 heavy (non-hydrogen) atoms. The van der Waals surface area contributed by atoms with Crippen LogP contribution in [0.2, 0.25) is 0 Å². The van der Waals surface area contributed by atoms with Crippen LogP contribution in [0.25, 0.3) is 0 Å². The minimum atomic E-state index is -3.33. The van der Waals surface area contributed by atoms with Gasteiger partial charge >= 0.3 is 0 Å². The van der Waals surface area contributed by atoms with E-state index in [0.717, 1.165) is 19.4 Å². The highest BCUT2D eigenvalue weighted by molar-refractivity contribution is 7.86. The second kappa shape index (κ2) is 7.37. The molecule has 2 aliphatic rings. The maximum Gasteiger partial charge on any atom is 0.282 e. The van der Waals surface area contributed by atoms with Crippen molar-refractivity contribution in [3.63, 3.8) is 0 Å². The average Bonchev–Trinajstić information content (AvgIpc) is 2.45. The lowest BCUT2D eigenvalue weighted by molar-refractivity contribution is 0.00778. The monoisotopic (exact) mass is 319 g/mol. The summed E-state index contributed by atoms with van der Waals surface area (Å²) in [5.74, 6) is 0.411. The molecule has 0 aromatic heterocycles. The molecule has 2 atom stereocenters. The van der Waals surface area contributed by atoms with Gasteiger partial charge in [0.2, 0.25) is 0 Å². The first kappa shape index (κ1) is 17.1. The molecule has 2 aliphatic heterocycles. The highest BCUT2D eigenvalue weighted by Gasteiger charge is 2.35. The Labute approximate surface area is 129 Å². The molecule has 0 aliphatic carbocycles. The van der Waals surface area contributed by atoms with Crippen molar-refractivity contribution >= 4 is 10.2 Å². The fourth-order valence-corrected chi connectivity index (χ4v) is 4.75. The molecule has 2 unspecified atom stereocenters. The SMILES string of the molecule is CC(C)NCC1CCCN(S(=O)(=O)N2CCOC(C)C2)C1. The Balaban J connectivity index is 1.95. The molecular formula is C14H29N3O3S. The van der Waals surface area contributed by atoms with Gasteiger partial charge in [0.15, 0.2) is 0 Å². The normalized spacial score (nSPS) is 29.9. The molecule has 2 saturated heterocycles. The summed E-state index contributed by atoms with van der Waals surface area (Å²) in [4.78, 5) is 0. The minimum Gasteiger partial charge on any atom is -0.376 e. The van der Waals surface area contributed by atoms with Crippen LogP contribution < -0.4 is 5.32 Å². The minimum absolute atomic E-state index is 0.0169. The Bertz CT molecular complexity index is 427. The zero-order chi connectivity index (χ0) is 15.5. The van der Waals surface area contributed by atoms with Crippen LogP contribution in [-0.4, -0.2) is 68.5 Å². The van der Waals surface area contributed by atoms with Gasteiger partial charge in [-0.15, -0.1) is 0 Å². The largest absolute Gasteiger partial charge is 0.376 e. The Morgan fingerprint density at radius 2 is 1.95 bits per heavy atom. The maximum absolute atomic E-state index is 12.7. The van der Waals surface area contributed by atoms with E-state index in [1.807, 2.05) is 6.92 Å². The molecule has 1 N–H and O–H groups in total. The van der Waals surface area contributed by atoms with Crippen molar-refractivity contribution in [2.24, 2.45) is 5.92 Å². The first-order valence-electron chi connectivity index (χ1n) is 8.00. The van der Waals surface area contributed by atoms with E-state index >= 15 is 0 Å². The van der Waals surface area contributed by atoms with Crippen molar-refractivity contribution in [1.29, 1.82) is 0 Å². The Kier molecular flexibility index (Phi) is 6.02. The fraction of sp³-hybridized carbons (Fsp3) is 1.00. The van der Waals surface area contributed by atoms with Gasteiger partial charge < -0.3 is 10.1 Å². The molecular weight excluding hydrogens is 290 g/mol. The van der Waals surface area contributed by atoms with Crippen LogP contribution in [0, 0.1) is 5.92 Å². The first-order valence-corrected chi connectivity index (χ1v) is 9.39. The second-order valence-electron chi connectivity index (χ2n) is 6.48. The van der Waals surface area contributed by atoms with E-state index < -0.39 is 10.2 Å². The number of hydrogen-bond acceptors (Lipinski definition) is 4. The lowest BCUT2D eigenvalue weighted by Gasteiger charge is -2.38. The predicted molar refractivity (Wildman–Crippen MR) is 83.3 cm³/mol. The number of nitrogens with one attached hydrogen (secondary N) is 1. The lowest BCUT2D eigenvalue weighted by Crippen LogP contribution is -2.53. The van der Waals surface area contributed by atoms with E-state index in [1.54, 1.807) is 8.61 Å². The number of nitrogens with zero attached hydrogens (tertiary/aromatic N) is 2. The van der Waals surface area contributed by atoms with Gasteiger partial charge in [-0.3, -0.25) is 0 Å². The summed E-state index contributed by atoms with van der Waals surface area (Å²) < 4.78 is 34.2. The van der Waals surface area contributed by atoms with Gasteiger partial charge in [-0.1, -0.05) is 13.8 Å². The second-order valence-corrected chi connectivity index (χ2v) is 8.40. The summed E-state index contributed by atoms with van der Waals surface area (Å²) in [7, 11) is -3.33. The number of rotatable bonds is 5. The molecule has 0 saturated carbocycles. The number of hydrogen-bond donors (Lipinski definition) is 1. The molecule has 0 bridgehead atoms. The van der Waals surface area contributed by atoms with Gasteiger partial charge in [-0.2, -0.15) is 17.0 Å². The van der Waals surface area contributed by atoms with E-state index in [0.29, 0.717) is 44.7 Å². The fourth-order valence-electron chi connectivity index (χ4n) is 2.96. The molecule has 2 heterocycles. The van der Waals surface area contributed by atoms with Crippen molar-refractivity contribution < 1.29 is 13.2 Å². The zero-order valence-corrected chi connectivity index (χ0v) is 14.2. The predicted octanol–water partition coefficient (Wildman–Crippen LogP) is 0.662. The number of piperidine rings is 1. The van der Waals surface area contributed by atoms with Crippen molar-refractivity contribution in [2.75, 3.05) is 39.3 Å². The molecule has 2 fully saturated rings. The average molecular weight is 319 g/mol. The highest BCUT2D eigenvalue weighted by Crippen LogP contribution is 2.22. The van der Waals surface area contributed by atoms with Crippen LogP contribution in [0.1, 0.15) is 33.6 Å². The van der Waals surface area contributed by atoms with E-state index in [9.17, 15) is 8.42 Å². The summed E-state index contributed by atoms with van der Waals surface area (Å²) in [6, 6.07) is 0.442. The summed E-state index contributed by atoms with van der Waals surface area (Å²) >= 11 is 0. The third-order valence-corrected chi connectivity index (χ3v) is 6.12. The van der Waals surface area contributed by atoms with Gasteiger partial charge in [0.05, 0.1) is 12.7 Å². The highest BCUT2D eigenvalue weighted by atomic mass is 32.2. The smallest absolute Gasteiger partial charge is 0.282 e. The van der Waals surface area contributed by atoms with Crippen molar-refractivity contribution in [3.05, 3.63) is 0 Å². The topological polar surface area (TPSA) is 61.9 Å². The van der Waals surface area contributed by atoms with E-state index in [-0.39, 0.29) is 6.10 Å². The zero-order valence-electron chi connectivity index (χ0n) is 13.4. The van der Waals surface area contributed by atoms with Crippen LogP contribution in [0.5, 0.6) is 0 Å². The van der Waals surface area contributed by atoms with Gasteiger partial charge in [-0.25, -0.2) is 0 Å². The summed E-state index contributed by atoms with van der Waals surface area (Å²) in [5.41, 5.74) is 0. The third kappa shape index (κ3) is 4.63. The van der Waals surface area contributed by atoms with E-state index in [4.69, 9.17) is 4.74 Å². The third-order valence-electron chi connectivity index (χ3n) is 4.15. The van der Waals surface area contributed by atoms with Crippen LogP contribution in [0.3, 0.4) is 0 Å². The quantitative estimate of drug-likeness (QED) is 0.809. The molecule has 0 spiro atoms. The molecule has 2 rings (SSSR count). The van der Waals surface area contributed by atoms with Crippen molar-refractivity contribution in [1.82, 2.24) is 13.9 Å². The van der Waals surface area contributed by atoms with Crippen LogP contribution in [0.15, 0.2) is 0 Å². The molecule has 0 radical (unpaired) electrons. The van der Waals surface area contributed by atoms with Gasteiger partial charge in [-0.05, 0) is 32.2 Å². The molecule has 7 heteroatoms. The molecule has 6 nitrogen and oxygen atoms in total. The Hall–Kier alpha value is -0.210. The molecule has 0 aromatic carbocycles. The van der Waals surface area contributed by atoms with E-state index in [2.05, 4.69) is 19.2 Å². The van der Waals surface area contributed by atoms with Crippen LogP contribution >= 0.6 is 0 Å². The molecule has 0 aromatic rings.